The molecule has 344 valence electrons. The number of ether oxygens (including phenoxy) is 3. The predicted molar refractivity (Wildman–Crippen MR) is 256 cm³/mol. The maximum atomic E-state index is 12.7. The molecule has 0 aliphatic rings. The Kier molecular flexibility index (Phi) is 46.0. The number of hydrogen-bond donors (Lipinski definition) is 0. The summed E-state index contributed by atoms with van der Waals surface area (Å²) in [5.41, 5.74) is 0. The van der Waals surface area contributed by atoms with Crippen LogP contribution in [-0.2, 0) is 28.6 Å². The molecule has 0 heterocycles. The highest BCUT2D eigenvalue weighted by Crippen LogP contribution is 2.13. The van der Waals surface area contributed by atoms with E-state index in [-0.39, 0.29) is 31.6 Å². The Hall–Kier alpha value is -3.15. The molecule has 0 aromatic heterocycles. The highest BCUT2D eigenvalue weighted by molar-refractivity contribution is 5.71. The summed E-state index contributed by atoms with van der Waals surface area (Å²) in [6.07, 6.45) is 60.5. The summed E-state index contributed by atoms with van der Waals surface area (Å²) in [6.45, 7) is 6.41. The second-order valence-corrected chi connectivity index (χ2v) is 16.3. The molecule has 0 N–H and O–H groups in total. The van der Waals surface area contributed by atoms with Gasteiger partial charge in [0.2, 0.25) is 0 Å². The van der Waals surface area contributed by atoms with Crippen molar-refractivity contribution in [3.63, 3.8) is 0 Å². The van der Waals surface area contributed by atoms with Crippen LogP contribution in [0.3, 0.4) is 0 Å². The summed E-state index contributed by atoms with van der Waals surface area (Å²) in [4.78, 5) is 37.8. The van der Waals surface area contributed by atoms with Crippen molar-refractivity contribution >= 4 is 17.9 Å². The topological polar surface area (TPSA) is 78.9 Å². The number of carbonyl (C=O) groups excluding carboxylic acids is 3. The average Bonchev–Trinajstić information content (AvgIpc) is 3.24. The molecule has 0 rings (SSSR count). The van der Waals surface area contributed by atoms with Crippen molar-refractivity contribution in [3.05, 3.63) is 72.9 Å². The molecule has 0 fully saturated rings. The highest BCUT2D eigenvalue weighted by atomic mass is 16.6. The number of hydrogen-bond acceptors (Lipinski definition) is 6. The zero-order valence-electron chi connectivity index (χ0n) is 39.2. The third kappa shape index (κ3) is 45.9. The number of rotatable bonds is 44. The molecule has 0 bridgehead atoms. The van der Waals surface area contributed by atoms with Crippen LogP contribution >= 0.6 is 0 Å². The van der Waals surface area contributed by atoms with Crippen molar-refractivity contribution < 1.29 is 28.6 Å². The lowest BCUT2D eigenvalue weighted by Gasteiger charge is -2.18. The Morgan fingerprint density at radius 1 is 0.350 bits per heavy atom. The van der Waals surface area contributed by atoms with Crippen LogP contribution < -0.4 is 0 Å². The van der Waals surface area contributed by atoms with Crippen LogP contribution in [0.1, 0.15) is 233 Å². The number of unbranched alkanes of at least 4 members (excludes halogenated alkanes) is 21. The summed E-state index contributed by atoms with van der Waals surface area (Å²) >= 11 is 0. The van der Waals surface area contributed by atoms with Gasteiger partial charge in [-0.15, -0.1) is 0 Å². The molecule has 0 radical (unpaired) electrons. The largest absolute Gasteiger partial charge is 0.462 e. The minimum Gasteiger partial charge on any atom is -0.462 e. The highest BCUT2D eigenvalue weighted by Gasteiger charge is 2.19. The predicted octanol–water partition coefficient (Wildman–Crippen LogP) is 16.3. The van der Waals surface area contributed by atoms with E-state index in [0.717, 1.165) is 70.6 Å². The van der Waals surface area contributed by atoms with Crippen molar-refractivity contribution in [2.75, 3.05) is 13.2 Å². The zero-order chi connectivity index (χ0) is 43.7. The molecule has 0 aliphatic carbocycles. The van der Waals surface area contributed by atoms with Gasteiger partial charge in [-0.25, -0.2) is 0 Å². The van der Waals surface area contributed by atoms with Gasteiger partial charge in [0.1, 0.15) is 13.2 Å². The SMILES string of the molecule is CC/C=C\C/C=C\C/C=C\CCCCC(=O)OCC(COC(=O)CCCCCCCCC/C=C\CCCCCCCC)OC(=O)CC/C=C\C/C=C\CCCCCCCC. The first kappa shape index (κ1) is 56.9. The van der Waals surface area contributed by atoms with Crippen LogP contribution in [0.15, 0.2) is 72.9 Å². The fourth-order valence-electron chi connectivity index (χ4n) is 6.68. The van der Waals surface area contributed by atoms with Gasteiger partial charge < -0.3 is 14.2 Å². The Labute approximate surface area is 370 Å². The number of esters is 3. The van der Waals surface area contributed by atoms with E-state index in [1.807, 2.05) is 6.08 Å². The van der Waals surface area contributed by atoms with Gasteiger partial charge in [0.15, 0.2) is 6.10 Å². The second-order valence-electron chi connectivity index (χ2n) is 16.3. The van der Waals surface area contributed by atoms with Gasteiger partial charge in [-0.1, -0.05) is 190 Å². The van der Waals surface area contributed by atoms with E-state index >= 15 is 0 Å². The van der Waals surface area contributed by atoms with Gasteiger partial charge in [-0.3, -0.25) is 14.4 Å². The van der Waals surface area contributed by atoms with Gasteiger partial charge in [-0.2, -0.15) is 0 Å². The van der Waals surface area contributed by atoms with E-state index in [1.54, 1.807) is 0 Å². The molecule has 0 aromatic carbocycles. The lowest BCUT2D eigenvalue weighted by atomic mass is 10.1. The molecule has 1 atom stereocenters. The Morgan fingerprint density at radius 3 is 1.13 bits per heavy atom. The van der Waals surface area contributed by atoms with E-state index in [1.165, 1.54) is 116 Å². The van der Waals surface area contributed by atoms with E-state index in [2.05, 4.69) is 87.6 Å². The van der Waals surface area contributed by atoms with Crippen LogP contribution in [0, 0.1) is 0 Å². The quantitative estimate of drug-likeness (QED) is 0.0263. The molecule has 0 aliphatic heterocycles. The van der Waals surface area contributed by atoms with Gasteiger partial charge in [0, 0.05) is 19.3 Å². The third-order valence-electron chi connectivity index (χ3n) is 10.4. The molecule has 0 spiro atoms. The monoisotopic (exact) mass is 837 g/mol. The molecule has 0 saturated carbocycles. The van der Waals surface area contributed by atoms with E-state index < -0.39 is 12.1 Å². The van der Waals surface area contributed by atoms with E-state index in [0.29, 0.717) is 19.3 Å². The van der Waals surface area contributed by atoms with E-state index in [9.17, 15) is 14.4 Å². The van der Waals surface area contributed by atoms with Crippen molar-refractivity contribution in [2.24, 2.45) is 0 Å². The molecular formula is C54H92O6. The number of allylic oxidation sites excluding steroid dienone is 12. The van der Waals surface area contributed by atoms with Gasteiger partial charge >= 0.3 is 17.9 Å². The fourth-order valence-corrected chi connectivity index (χ4v) is 6.68. The fraction of sp³-hybridized carbons (Fsp3) is 0.722. The van der Waals surface area contributed by atoms with E-state index in [4.69, 9.17) is 14.2 Å². The molecule has 60 heavy (non-hydrogen) atoms. The van der Waals surface area contributed by atoms with Crippen molar-refractivity contribution in [2.45, 2.75) is 239 Å². The summed E-state index contributed by atoms with van der Waals surface area (Å²) in [5, 5.41) is 0. The zero-order valence-corrected chi connectivity index (χ0v) is 39.2. The molecule has 0 saturated heterocycles. The summed E-state index contributed by atoms with van der Waals surface area (Å²) in [6, 6.07) is 0. The molecular weight excluding hydrogens is 745 g/mol. The first-order valence-electron chi connectivity index (χ1n) is 24.9. The maximum absolute atomic E-state index is 12.7. The lowest BCUT2D eigenvalue weighted by Crippen LogP contribution is -2.30. The van der Waals surface area contributed by atoms with Crippen LogP contribution in [0.4, 0.5) is 0 Å². The Morgan fingerprint density at radius 2 is 0.683 bits per heavy atom. The summed E-state index contributed by atoms with van der Waals surface area (Å²) < 4.78 is 16.7. The van der Waals surface area contributed by atoms with Crippen molar-refractivity contribution in [1.29, 1.82) is 0 Å². The van der Waals surface area contributed by atoms with Crippen LogP contribution in [-0.4, -0.2) is 37.2 Å². The first-order chi connectivity index (χ1) is 29.5. The Bertz CT molecular complexity index is 1140. The maximum Gasteiger partial charge on any atom is 0.306 e. The molecule has 1 unspecified atom stereocenters. The molecule has 0 amide bonds. The normalized spacial score (nSPS) is 12.7. The standard InChI is InChI=1S/C54H92O6/c1-4-7-10-13-16-19-22-25-26-27-28-30-32-35-38-41-44-47-53(56)59-50-51(49-58-52(55)46-43-40-37-34-31-24-21-18-15-12-9-6-3)60-54(57)48-45-42-39-36-33-29-23-20-17-14-11-8-5-2/h9,12,18,21,25-26,29,31,33-34,39,42,51H,4-8,10-11,13-17,19-20,22-24,27-28,30,32,35-38,40-41,43-50H2,1-3H3/b12-9-,21-18-,26-25-,33-29-,34-31-,42-39-. The van der Waals surface area contributed by atoms with Crippen molar-refractivity contribution in [1.82, 2.24) is 0 Å². The molecule has 0 aromatic rings. The van der Waals surface area contributed by atoms with Crippen LogP contribution in [0.2, 0.25) is 0 Å². The smallest absolute Gasteiger partial charge is 0.306 e. The molecule has 6 heteroatoms. The summed E-state index contributed by atoms with van der Waals surface area (Å²) in [7, 11) is 0. The average molecular weight is 837 g/mol. The van der Waals surface area contributed by atoms with Crippen LogP contribution in [0.25, 0.3) is 0 Å². The number of carbonyl (C=O) groups is 3. The third-order valence-corrected chi connectivity index (χ3v) is 10.4. The second kappa shape index (κ2) is 48.5. The molecule has 6 nitrogen and oxygen atoms in total. The Balaban J connectivity index is 4.47. The lowest BCUT2D eigenvalue weighted by molar-refractivity contribution is -0.166. The van der Waals surface area contributed by atoms with Gasteiger partial charge in [0.05, 0.1) is 0 Å². The minimum absolute atomic E-state index is 0.112. The summed E-state index contributed by atoms with van der Waals surface area (Å²) in [5.74, 6) is -1.03. The van der Waals surface area contributed by atoms with Gasteiger partial charge in [0.25, 0.3) is 0 Å². The minimum atomic E-state index is -0.821. The van der Waals surface area contributed by atoms with Gasteiger partial charge in [-0.05, 0) is 96.3 Å². The first-order valence-corrected chi connectivity index (χ1v) is 24.9. The van der Waals surface area contributed by atoms with Crippen LogP contribution in [0.5, 0.6) is 0 Å². The van der Waals surface area contributed by atoms with Crippen molar-refractivity contribution in [3.8, 4) is 0 Å².